The minimum atomic E-state index is -0.378. The van der Waals surface area contributed by atoms with Crippen molar-refractivity contribution in [2.24, 2.45) is 0 Å². The first-order valence-corrected chi connectivity index (χ1v) is 13.6. The lowest BCUT2D eigenvalue weighted by molar-refractivity contribution is -0.953. The molecule has 1 N–H and O–H groups in total. The molecule has 0 spiro atoms. The Kier molecular flexibility index (Phi) is 12.6. The summed E-state index contributed by atoms with van der Waals surface area (Å²) < 4.78 is 21.5. The molecule has 34 heavy (non-hydrogen) atoms. The summed E-state index contributed by atoms with van der Waals surface area (Å²) in [5.41, 5.74) is 2.94. The van der Waals surface area contributed by atoms with Gasteiger partial charge in [0, 0.05) is 24.9 Å². The summed E-state index contributed by atoms with van der Waals surface area (Å²) in [5.74, 6) is 1.32. The zero-order valence-corrected chi connectivity index (χ0v) is 22.4. The van der Waals surface area contributed by atoms with E-state index in [1.807, 2.05) is 37.3 Å². The predicted octanol–water partition coefficient (Wildman–Crippen LogP) is 5.93. The van der Waals surface area contributed by atoms with E-state index in [2.05, 4.69) is 28.8 Å². The Morgan fingerprint density at radius 3 is 2.65 bits per heavy atom. The van der Waals surface area contributed by atoms with E-state index in [1.54, 1.807) is 0 Å². The molecule has 1 aliphatic rings. The number of aromatic nitrogens is 2. The zero-order valence-electron chi connectivity index (χ0n) is 20.7. The van der Waals surface area contributed by atoms with Gasteiger partial charge in [0.25, 0.3) is 12.1 Å². The number of carbonyl (C=O) groups excluding carboxylic acids is 1. The quantitative estimate of drug-likeness (QED) is 0.229. The Balaban J connectivity index is 0.00000199. The number of nitrogens with zero attached hydrogens (tertiary/aromatic N) is 3. The van der Waals surface area contributed by atoms with E-state index in [-0.39, 0.29) is 11.5 Å². The Hall–Kier alpha value is -1.94. The van der Waals surface area contributed by atoms with Gasteiger partial charge in [-0.2, -0.15) is 4.37 Å². The van der Waals surface area contributed by atoms with Crippen LogP contribution in [-0.2, 0) is 4.74 Å². The molecule has 2 atom stereocenters. The topological polar surface area (TPSA) is 81.5 Å². The maximum atomic E-state index is 12.4. The molecule has 1 aromatic heterocycles. The SMILES string of the molecule is CCCCCCOc1nsnc1C1=CCC[N+](C)(C(OC(=O)SCC)c2ccccc2)C1.CO. The number of aliphatic hydroxyl groups is 1. The Labute approximate surface area is 212 Å². The van der Waals surface area contributed by atoms with Crippen LogP contribution in [0.2, 0.25) is 0 Å². The van der Waals surface area contributed by atoms with Gasteiger partial charge in [-0.15, -0.1) is 4.37 Å². The lowest BCUT2D eigenvalue weighted by atomic mass is 10.0. The number of hydrogen-bond donors (Lipinski definition) is 1. The van der Waals surface area contributed by atoms with Crippen molar-refractivity contribution < 1.29 is 23.9 Å². The van der Waals surface area contributed by atoms with Crippen LogP contribution in [-0.4, -0.2) is 63.2 Å². The molecule has 2 aromatic rings. The number of hydrogen-bond acceptors (Lipinski definition) is 8. The Morgan fingerprint density at radius 1 is 1.18 bits per heavy atom. The van der Waals surface area contributed by atoms with E-state index in [9.17, 15) is 4.79 Å². The van der Waals surface area contributed by atoms with Crippen molar-refractivity contribution in [2.45, 2.75) is 52.2 Å². The van der Waals surface area contributed by atoms with Gasteiger partial charge in [-0.25, -0.2) is 4.79 Å². The molecular formula is C25H38N3O4S2+. The van der Waals surface area contributed by atoms with Crippen molar-refractivity contribution in [1.29, 1.82) is 0 Å². The van der Waals surface area contributed by atoms with Gasteiger partial charge in [-0.05, 0) is 30.3 Å². The highest BCUT2D eigenvalue weighted by molar-refractivity contribution is 8.13. The summed E-state index contributed by atoms with van der Waals surface area (Å²) in [6, 6.07) is 10.0. The Morgan fingerprint density at radius 2 is 1.94 bits per heavy atom. The number of quaternary nitrogens is 1. The molecule has 2 heterocycles. The maximum absolute atomic E-state index is 12.4. The largest absolute Gasteiger partial charge is 0.475 e. The van der Waals surface area contributed by atoms with Gasteiger partial charge in [0.15, 0.2) is 0 Å². The Bertz CT molecular complexity index is 891. The third-order valence-electron chi connectivity index (χ3n) is 5.68. The van der Waals surface area contributed by atoms with Crippen LogP contribution in [0.4, 0.5) is 4.79 Å². The third kappa shape index (κ3) is 8.08. The second-order valence-corrected chi connectivity index (χ2v) is 10.00. The number of aliphatic hydroxyl groups excluding tert-OH is 1. The van der Waals surface area contributed by atoms with Gasteiger partial charge in [-0.1, -0.05) is 57.4 Å². The summed E-state index contributed by atoms with van der Waals surface area (Å²) in [4.78, 5) is 12.4. The minimum absolute atomic E-state index is 0.233. The number of benzene rings is 1. The second-order valence-electron chi connectivity index (χ2n) is 8.27. The first kappa shape index (κ1) is 28.3. The first-order valence-electron chi connectivity index (χ1n) is 11.9. The van der Waals surface area contributed by atoms with E-state index in [1.165, 1.54) is 42.8 Å². The summed E-state index contributed by atoms with van der Waals surface area (Å²) in [7, 11) is 3.15. The van der Waals surface area contributed by atoms with Crippen molar-refractivity contribution in [1.82, 2.24) is 8.75 Å². The highest BCUT2D eigenvalue weighted by Crippen LogP contribution is 2.37. The van der Waals surface area contributed by atoms with Crippen molar-refractivity contribution in [3.05, 3.63) is 47.7 Å². The molecule has 7 nitrogen and oxygen atoms in total. The van der Waals surface area contributed by atoms with Gasteiger partial charge in [-0.3, -0.25) is 4.48 Å². The molecule has 188 valence electrons. The van der Waals surface area contributed by atoms with E-state index in [0.29, 0.717) is 29.3 Å². The van der Waals surface area contributed by atoms with Crippen LogP contribution in [0.3, 0.4) is 0 Å². The number of rotatable bonds is 11. The van der Waals surface area contributed by atoms with Crippen LogP contribution in [0, 0.1) is 0 Å². The van der Waals surface area contributed by atoms with Gasteiger partial charge in [0.2, 0.25) is 0 Å². The minimum Gasteiger partial charge on any atom is -0.475 e. The number of likely N-dealkylation sites (N-methyl/N-ethyl adjacent to an activating group) is 1. The highest BCUT2D eigenvalue weighted by atomic mass is 32.2. The number of carbonyl (C=O) groups is 1. The van der Waals surface area contributed by atoms with Gasteiger partial charge in [0.1, 0.15) is 12.2 Å². The predicted molar refractivity (Wildman–Crippen MR) is 140 cm³/mol. The lowest BCUT2D eigenvalue weighted by Crippen LogP contribution is -2.51. The normalized spacial score (nSPS) is 18.3. The van der Waals surface area contributed by atoms with E-state index < -0.39 is 0 Å². The zero-order chi connectivity index (χ0) is 24.8. The van der Waals surface area contributed by atoms with Crippen LogP contribution in [0.1, 0.15) is 63.4 Å². The molecule has 0 fully saturated rings. The summed E-state index contributed by atoms with van der Waals surface area (Å²) in [6.07, 6.45) is 7.35. The van der Waals surface area contributed by atoms with Crippen LogP contribution >= 0.6 is 23.5 Å². The molecule has 3 rings (SSSR count). The molecule has 2 unspecified atom stereocenters. The lowest BCUT2D eigenvalue weighted by Gasteiger charge is -2.42. The summed E-state index contributed by atoms with van der Waals surface area (Å²) in [5, 5.41) is 6.77. The smallest absolute Gasteiger partial charge is 0.372 e. The molecule has 0 saturated heterocycles. The van der Waals surface area contributed by atoms with E-state index in [4.69, 9.17) is 14.6 Å². The van der Waals surface area contributed by atoms with Crippen molar-refractivity contribution >= 4 is 34.4 Å². The molecule has 1 aliphatic heterocycles. The molecular weight excluding hydrogens is 470 g/mol. The number of thioether (sulfide) groups is 1. The van der Waals surface area contributed by atoms with Gasteiger partial charge < -0.3 is 14.6 Å². The summed E-state index contributed by atoms with van der Waals surface area (Å²) >= 11 is 2.39. The fourth-order valence-corrected chi connectivity index (χ4v) is 4.95. The van der Waals surface area contributed by atoms with Gasteiger partial charge in [0.05, 0.1) is 37.5 Å². The van der Waals surface area contributed by atoms with E-state index >= 15 is 0 Å². The van der Waals surface area contributed by atoms with Crippen LogP contribution in [0.15, 0.2) is 36.4 Å². The van der Waals surface area contributed by atoms with Crippen molar-refractivity contribution in [3.8, 4) is 5.88 Å². The van der Waals surface area contributed by atoms with Crippen LogP contribution in [0.25, 0.3) is 5.57 Å². The summed E-state index contributed by atoms with van der Waals surface area (Å²) in [6.45, 7) is 6.39. The molecule has 0 saturated carbocycles. The van der Waals surface area contributed by atoms with Crippen LogP contribution in [0.5, 0.6) is 5.88 Å². The molecule has 0 aliphatic carbocycles. The number of ether oxygens (including phenoxy) is 2. The monoisotopic (exact) mass is 508 g/mol. The molecule has 9 heteroatoms. The van der Waals surface area contributed by atoms with Crippen molar-refractivity contribution in [3.63, 3.8) is 0 Å². The second kappa shape index (κ2) is 15.1. The third-order valence-corrected chi connectivity index (χ3v) is 6.81. The van der Waals surface area contributed by atoms with E-state index in [0.717, 1.165) is 43.3 Å². The molecule has 0 radical (unpaired) electrons. The highest BCUT2D eigenvalue weighted by Gasteiger charge is 2.40. The fraction of sp³-hybridized carbons (Fsp3) is 0.560. The van der Waals surface area contributed by atoms with Gasteiger partial charge >= 0.3 is 5.30 Å². The average Bonchev–Trinajstić information content (AvgIpc) is 3.33. The molecule has 0 bridgehead atoms. The van der Waals surface area contributed by atoms with Crippen LogP contribution < -0.4 is 4.74 Å². The van der Waals surface area contributed by atoms with Crippen molar-refractivity contribution in [2.75, 3.05) is 39.6 Å². The fourth-order valence-electron chi connectivity index (χ4n) is 4.02. The first-order chi connectivity index (χ1) is 16.6. The standard InChI is InChI=1S/C24H34N3O3S2.CH4O/c1-4-6-7-11-17-29-22-21(25-32-26-22)20-15-12-16-27(3,18-20)23(30-24(28)31-5-2)19-13-9-8-10-14-19;1-2/h8-10,13-15,23H,4-7,11-12,16-18H2,1-3H3;2H,1H3/q+1;. The average molecular weight is 509 g/mol. The maximum Gasteiger partial charge on any atom is 0.372 e. The number of unbranched alkanes of at least 4 members (excludes halogenated alkanes) is 3. The molecule has 1 aromatic carbocycles. The molecule has 0 amide bonds.